The number of nitrogens with zero attached hydrogens (tertiary/aromatic N) is 2. The predicted molar refractivity (Wildman–Crippen MR) is 76.2 cm³/mol. The molecule has 5 nitrogen and oxygen atoms in total. The summed E-state index contributed by atoms with van der Waals surface area (Å²) in [5.41, 5.74) is 3.22. The fraction of sp³-hybridized carbons (Fsp3) is 0.357. The highest BCUT2D eigenvalue weighted by atomic mass is 32.2. The van der Waals surface area contributed by atoms with Crippen molar-refractivity contribution in [2.75, 3.05) is 0 Å². The lowest BCUT2D eigenvalue weighted by molar-refractivity contribution is 0.0695. The van der Waals surface area contributed by atoms with Gasteiger partial charge < -0.3 is 9.52 Å². The van der Waals surface area contributed by atoms with Gasteiger partial charge in [-0.1, -0.05) is 11.8 Å². The van der Waals surface area contributed by atoms with Crippen LogP contribution in [0.1, 0.15) is 38.8 Å². The van der Waals surface area contributed by atoms with Crippen molar-refractivity contribution in [1.29, 1.82) is 0 Å². The highest BCUT2D eigenvalue weighted by Gasteiger charge is 2.14. The number of aromatic carboxylic acids is 1. The van der Waals surface area contributed by atoms with Crippen molar-refractivity contribution in [3.8, 4) is 0 Å². The normalized spacial score (nSPS) is 10.8. The standard InChI is InChI=1S/C14H16N2O3S/c1-7-8(2)15-14(16-9(7)3)20-6-11-5-12(13(17)18)10(4)19-11/h5H,6H2,1-4H3,(H,17,18). The molecular formula is C14H16N2O3S. The van der Waals surface area contributed by atoms with E-state index >= 15 is 0 Å². The Labute approximate surface area is 121 Å². The minimum Gasteiger partial charge on any atom is -0.478 e. The lowest BCUT2D eigenvalue weighted by Gasteiger charge is -2.05. The van der Waals surface area contributed by atoms with Crippen molar-refractivity contribution in [3.05, 3.63) is 40.1 Å². The van der Waals surface area contributed by atoms with Gasteiger partial charge in [0.1, 0.15) is 17.1 Å². The van der Waals surface area contributed by atoms with Gasteiger partial charge in [-0.25, -0.2) is 14.8 Å². The van der Waals surface area contributed by atoms with Gasteiger partial charge in [0.2, 0.25) is 0 Å². The van der Waals surface area contributed by atoms with Gasteiger partial charge in [0.25, 0.3) is 0 Å². The molecule has 0 saturated heterocycles. The van der Waals surface area contributed by atoms with Crippen molar-refractivity contribution in [3.63, 3.8) is 0 Å². The van der Waals surface area contributed by atoms with Crippen molar-refractivity contribution in [2.45, 2.75) is 38.6 Å². The number of carboxylic acids is 1. The van der Waals surface area contributed by atoms with Crippen LogP contribution in [0.2, 0.25) is 0 Å². The first-order valence-corrected chi connectivity index (χ1v) is 7.14. The van der Waals surface area contributed by atoms with Crippen molar-refractivity contribution < 1.29 is 14.3 Å². The summed E-state index contributed by atoms with van der Waals surface area (Å²) in [4.78, 5) is 19.8. The van der Waals surface area contributed by atoms with Crippen molar-refractivity contribution in [2.24, 2.45) is 0 Å². The zero-order valence-electron chi connectivity index (χ0n) is 11.9. The Bertz CT molecular complexity index is 641. The lowest BCUT2D eigenvalue weighted by Crippen LogP contribution is -1.98. The summed E-state index contributed by atoms with van der Waals surface area (Å²) in [7, 11) is 0. The van der Waals surface area contributed by atoms with Crippen LogP contribution < -0.4 is 0 Å². The summed E-state index contributed by atoms with van der Waals surface area (Å²) in [6.07, 6.45) is 0. The van der Waals surface area contributed by atoms with E-state index in [1.54, 1.807) is 13.0 Å². The molecule has 0 fully saturated rings. The summed E-state index contributed by atoms with van der Waals surface area (Å²) in [6.45, 7) is 7.55. The molecule has 106 valence electrons. The second-order valence-corrected chi connectivity index (χ2v) is 5.52. The van der Waals surface area contributed by atoms with Gasteiger partial charge in [-0.05, 0) is 39.3 Å². The molecule has 2 heterocycles. The maximum Gasteiger partial charge on any atom is 0.339 e. The van der Waals surface area contributed by atoms with Gasteiger partial charge in [0.05, 0.1) is 5.75 Å². The molecule has 0 unspecified atom stereocenters. The Hall–Kier alpha value is -1.82. The first kappa shape index (κ1) is 14.6. The molecule has 0 amide bonds. The quantitative estimate of drug-likeness (QED) is 0.688. The topological polar surface area (TPSA) is 76.2 Å². The number of rotatable bonds is 4. The minimum absolute atomic E-state index is 0.206. The van der Waals surface area contributed by atoms with E-state index in [4.69, 9.17) is 9.52 Å². The minimum atomic E-state index is -0.972. The fourth-order valence-corrected chi connectivity index (χ4v) is 2.59. The number of hydrogen-bond donors (Lipinski definition) is 1. The number of thioether (sulfide) groups is 1. The molecule has 0 radical (unpaired) electrons. The molecule has 6 heteroatoms. The number of aromatic nitrogens is 2. The monoisotopic (exact) mass is 292 g/mol. The summed E-state index contributed by atoms with van der Waals surface area (Å²) >= 11 is 1.44. The van der Waals surface area contributed by atoms with Crippen molar-refractivity contribution >= 4 is 17.7 Å². The summed E-state index contributed by atoms with van der Waals surface area (Å²) in [5, 5.41) is 9.65. The Morgan fingerprint density at radius 1 is 1.25 bits per heavy atom. The van der Waals surface area contributed by atoms with Crippen LogP contribution in [0.25, 0.3) is 0 Å². The number of aryl methyl sites for hydroxylation is 3. The van der Waals surface area contributed by atoms with Gasteiger partial charge in [-0.15, -0.1) is 0 Å². The molecule has 0 aliphatic carbocycles. The van der Waals surface area contributed by atoms with E-state index in [1.807, 2.05) is 20.8 Å². The first-order chi connectivity index (χ1) is 9.38. The molecule has 2 aromatic rings. The third-order valence-corrected chi connectivity index (χ3v) is 4.02. The van der Waals surface area contributed by atoms with Crippen LogP contribution in [-0.4, -0.2) is 21.0 Å². The smallest absolute Gasteiger partial charge is 0.339 e. The van der Waals surface area contributed by atoms with E-state index < -0.39 is 5.97 Å². The molecule has 0 aliphatic heterocycles. The molecule has 1 N–H and O–H groups in total. The Morgan fingerprint density at radius 2 is 1.85 bits per heavy atom. The molecule has 0 aromatic carbocycles. The summed E-state index contributed by atoms with van der Waals surface area (Å²) < 4.78 is 5.42. The zero-order chi connectivity index (χ0) is 14.9. The van der Waals surface area contributed by atoms with E-state index in [0.717, 1.165) is 17.0 Å². The van der Waals surface area contributed by atoms with Crippen LogP contribution in [-0.2, 0) is 5.75 Å². The Kier molecular flexibility index (Phi) is 4.13. The number of hydrogen-bond acceptors (Lipinski definition) is 5. The van der Waals surface area contributed by atoms with Crippen LogP contribution in [0.5, 0.6) is 0 Å². The molecule has 0 atom stereocenters. The van der Waals surface area contributed by atoms with E-state index in [2.05, 4.69) is 9.97 Å². The molecular weight excluding hydrogens is 276 g/mol. The van der Waals surface area contributed by atoms with Crippen LogP contribution in [0.3, 0.4) is 0 Å². The molecule has 2 rings (SSSR count). The Balaban J connectivity index is 2.13. The fourth-order valence-electron chi connectivity index (χ4n) is 1.77. The van der Waals surface area contributed by atoms with Gasteiger partial charge in [-0.3, -0.25) is 0 Å². The maximum absolute atomic E-state index is 10.9. The van der Waals surface area contributed by atoms with Gasteiger partial charge in [-0.2, -0.15) is 0 Å². The highest BCUT2D eigenvalue weighted by Crippen LogP contribution is 2.24. The first-order valence-electron chi connectivity index (χ1n) is 6.15. The second-order valence-electron chi connectivity index (χ2n) is 4.58. The summed E-state index contributed by atoms with van der Waals surface area (Å²) in [5.74, 6) is 0.575. The molecule has 0 bridgehead atoms. The highest BCUT2D eigenvalue weighted by molar-refractivity contribution is 7.98. The molecule has 2 aromatic heterocycles. The average molecular weight is 292 g/mol. The largest absolute Gasteiger partial charge is 0.478 e. The SMILES string of the molecule is Cc1nc(SCc2cc(C(=O)O)c(C)o2)nc(C)c1C. The second kappa shape index (κ2) is 5.66. The van der Waals surface area contributed by atoms with E-state index in [-0.39, 0.29) is 5.56 Å². The van der Waals surface area contributed by atoms with E-state index in [1.165, 1.54) is 11.8 Å². The number of furan rings is 1. The van der Waals surface area contributed by atoms with E-state index in [0.29, 0.717) is 22.4 Å². The average Bonchev–Trinajstić information content (AvgIpc) is 2.75. The number of carboxylic acid groups (broad SMARTS) is 1. The van der Waals surface area contributed by atoms with Crippen LogP contribution in [0, 0.1) is 27.7 Å². The van der Waals surface area contributed by atoms with Gasteiger partial charge in [0, 0.05) is 11.4 Å². The van der Waals surface area contributed by atoms with E-state index in [9.17, 15) is 4.79 Å². The van der Waals surface area contributed by atoms with Gasteiger partial charge in [0.15, 0.2) is 5.16 Å². The third-order valence-electron chi connectivity index (χ3n) is 3.15. The predicted octanol–water partition coefficient (Wildman–Crippen LogP) is 3.29. The maximum atomic E-state index is 10.9. The molecule has 0 saturated carbocycles. The molecule has 20 heavy (non-hydrogen) atoms. The third kappa shape index (κ3) is 3.01. The van der Waals surface area contributed by atoms with Crippen LogP contribution in [0.4, 0.5) is 0 Å². The molecule has 0 aliphatic rings. The lowest BCUT2D eigenvalue weighted by atomic mass is 10.2. The van der Waals surface area contributed by atoms with Crippen LogP contribution in [0.15, 0.2) is 15.6 Å². The van der Waals surface area contributed by atoms with Crippen molar-refractivity contribution in [1.82, 2.24) is 9.97 Å². The van der Waals surface area contributed by atoms with Gasteiger partial charge >= 0.3 is 5.97 Å². The zero-order valence-corrected chi connectivity index (χ0v) is 12.7. The number of carbonyl (C=O) groups is 1. The molecule has 0 spiro atoms. The van der Waals surface area contributed by atoms with Crippen LogP contribution >= 0.6 is 11.8 Å². The Morgan fingerprint density at radius 3 is 2.35 bits per heavy atom. The summed E-state index contributed by atoms with van der Waals surface area (Å²) in [6, 6.07) is 1.55.